The van der Waals surface area contributed by atoms with Gasteiger partial charge in [0, 0.05) is 26.2 Å². The number of nitrogens with zero attached hydrogens (tertiary/aromatic N) is 3. The van der Waals surface area contributed by atoms with Crippen LogP contribution in [-0.4, -0.2) is 53.8 Å². The Morgan fingerprint density at radius 1 is 1.03 bits per heavy atom. The third kappa shape index (κ3) is 3.73. The zero-order valence-corrected chi connectivity index (χ0v) is 17.0. The van der Waals surface area contributed by atoms with Gasteiger partial charge in [0.1, 0.15) is 5.82 Å². The van der Waals surface area contributed by atoms with E-state index in [1.807, 2.05) is 17.9 Å². The first kappa shape index (κ1) is 20.6. The fraction of sp³-hybridized carbons (Fsp3) is 0.300. The molecule has 158 valence electrons. The van der Waals surface area contributed by atoms with E-state index < -0.39 is 21.7 Å². The quantitative estimate of drug-likeness (QED) is 0.681. The zero-order valence-electron chi connectivity index (χ0n) is 16.2. The molecule has 0 amide bonds. The number of fused-ring (bicyclic) bond motifs is 1. The van der Waals surface area contributed by atoms with Crippen molar-refractivity contribution in [2.75, 3.05) is 26.2 Å². The topological polar surface area (TPSA) is 86.4 Å². The van der Waals surface area contributed by atoms with Crippen LogP contribution in [0.1, 0.15) is 18.8 Å². The molecule has 2 aromatic carbocycles. The van der Waals surface area contributed by atoms with Crippen molar-refractivity contribution in [2.24, 2.45) is 0 Å². The van der Waals surface area contributed by atoms with Gasteiger partial charge in [-0.2, -0.15) is 4.31 Å². The Kier molecular flexibility index (Phi) is 5.39. The summed E-state index contributed by atoms with van der Waals surface area (Å²) in [6.45, 7) is 3.07. The van der Waals surface area contributed by atoms with Gasteiger partial charge in [0.2, 0.25) is 10.0 Å². The molecule has 0 bridgehead atoms. The highest BCUT2D eigenvalue weighted by Crippen LogP contribution is 2.23. The Bertz CT molecular complexity index is 1250. The van der Waals surface area contributed by atoms with Crippen LogP contribution in [0, 0.1) is 11.6 Å². The number of aromatic nitrogens is 2. The van der Waals surface area contributed by atoms with E-state index in [0.717, 1.165) is 12.1 Å². The number of sulfonamides is 1. The lowest BCUT2D eigenvalue weighted by Gasteiger charge is -2.36. The fourth-order valence-corrected chi connectivity index (χ4v) is 5.03. The van der Waals surface area contributed by atoms with E-state index in [1.165, 1.54) is 4.31 Å². The molecule has 10 heteroatoms. The van der Waals surface area contributed by atoms with Crippen LogP contribution in [0.25, 0.3) is 10.9 Å². The van der Waals surface area contributed by atoms with Crippen LogP contribution in [-0.2, 0) is 10.0 Å². The molecule has 30 heavy (non-hydrogen) atoms. The van der Waals surface area contributed by atoms with Gasteiger partial charge in [0.25, 0.3) is 5.56 Å². The second-order valence-electron chi connectivity index (χ2n) is 7.16. The van der Waals surface area contributed by atoms with E-state index in [1.54, 1.807) is 18.2 Å². The number of hydrogen-bond acceptors (Lipinski definition) is 5. The molecule has 1 N–H and O–H groups in total. The molecule has 1 fully saturated rings. The average Bonchev–Trinajstić information content (AvgIpc) is 2.75. The van der Waals surface area contributed by atoms with E-state index in [9.17, 15) is 22.0 Å². The second-order valence-corrected chi connectivity index (χ2v) is 9.10. The summed E-state index contributed by atoms with van der Waals surface area (Å²) >= 11 is 0. The number of benzene rings is 2. The summed E-state index contributed by atoms with van der Waals surface area (Å²) in [6.07, 6.45) is 0. The number of para-hydroxylation sites is 1. The SMILES string of the molecule is C[C@@H](c1nc2ccccc2c(=O)[nH]1)N1CCN(S(=O)(=O)c2ccc(F)c(F)c2)CC1. The number of halogens is 2. The van der Waals surface area contributed by atoms with Gasteiger partial charge in [0.15, 0.2) is 11.6 Å². The molecule has 1 aromatic heterocycles. The van der Waals surface area contributed by atoms with Crippen molar-refractivity contribution in [3.63, 3.8) is 0 Å². The van der Waals surface area contributed by atoms with Crippen LogP contribution in [0.15, 0.2) is 52.2 Å². The summed E-state index contributed by atoms with van der Waals surface area (Å²) in [5.74, 6) is -1.78. The van der Waals surface area contributed by atoms with Gasteiger partial charge >= 0.3 is 0 Å². The molecule has 0 aliphatic carbocycles. The molecule has 0 unspecified atom stereocenters. The Labute approximate surface area is 172 Å². The fourth-order valence-electron chi connectivity index (χ4n) is 3.59. The van der Waals surface area contributed by atoms with Crippen molar-refractivity contribution in [2.45, 2.75) is 17.9 Å². The van der Waals surface area contributed by atoms with Crippen LogP contribution in [0.3, 0.4) is 0 Å². The molecular weight excluding hydrogens is 414 g/mol. The van der Waals surface area contributed by atoms with Crippen molar-refractivity contribution in [3.8, 4) is 0 Å². The molecule has 2 heterocycles. The van der Waals surface area contributed by atoms with E-state index in [2.05, 4.69) is 9.97 Å². The van der Waals surface area contributed by atoms with Crippen LogP contribution in [0.5, 0.6) is 0 Å². The van der Waals surface area contributed by atoms with E-state index in [-0.39, 0.29) is 29.6 Å². The van der Waals surface area contributed by atoms with Crippen molar-refractivity contribution in [1.29, 1.82) is 0 Å². The highest BCUT2D eigenvalue weighted by atomic mass is 32.2. The van der Waals surface area contributed by atoms with Gasteiger partial charge in [-0.3, -0.25) is 9.69 Å². The number of hydrogen-bond donors (Lipinski definition) is 1. The molecule has 0 radical (unpaired) electrons. The van der Waals surface area contributed by atoms with Crippen LogP contribution < -0.4 is 5.56 Å². The van der Waals surface area contributed by atoms with Crippen molar-refractivity contribution in [1.82, 2.24) is 19.2 Å². The molecule has 0 spiro atoms. The molecule has 1 aliphatic heterocycles. The Hall–Kier alpha value is -2.69. The maximum Gasteiger partial charge on any atom is 0.258 e. The lowest BCUT2D eigenvalue weighted by molar-refractivity contribution is 0.141. The Morgan fingerprint density at radius 3 is 2.43 bits per heavy atom. The van der Waals surface area contributed by atoms with Crippen LogP contribution in [0.2, 0.25) is 0 Å². The predicted octanol–water partition coefficient (Wildman–Crippen LogP) is 2.27. The Balaban J connectivity index is 1.50. The molecule has 7 nitrogen and oxygen atoms in total. The highest BCUT2D eigenvalue weighted by molar-refractivity contribution is 7.89. The minimum Gasteiger partial charge on any atom is -0.309 e. The van der Waals surface area contributed by atoms with Gasteiger partial charge in [0.05, 0.1) is 21.8 Å². The summed E-state index contributed by atoms with van der Waals surface area (Å²) in [4.78, 5) is 21.4. The van der Waals surface area contributed by atoms with Gasteiger partial charge in [-0.25, -0.2) is 22.2 Å². The maximum absolute atomic E-state index is 13.5. The molecule has 0 saturated carbocycles. The summed E-state index contributed by atoms with van der Waals surface area (Å²) < 4.78 is 53.4. The maximum atomic E-state index is 13.5. The Morgan fingerprint density at radius 2 is 1.73 bits per heavy atom. The number of nitrogens with one attached hydrogen (secondary N) is 1. The largest absolute Gasteiger partial charge is 0.309 e. The van der Waals surface area contributed by atoms with Gasteiger partial charge < -0.3 is 4.98 Å². The number of rotatable bonds is 4. The predicted molar refractivity (Wildman–Crippen MR) is 107 cm³/mol. The van der Waals surface area contributed by atoms with Crippen molar-refractivity contribution in [3.05, 3.63) is 70.3 Å². The number of aromatic amines is 1. The minimum atomic E-state index is -3.92. The normalized spacial score (nSPS) is 17.3. The highest BCUT2D eigenvalue weighted by Gasteiger charge is 2.31. The summed E-state index contributed by atoms with van der Waals surface area (Å²) in [7, 11) is -3.92. The van der Waals surface area contributed by atoms with E-state index >= 15 is 0 Å². The third-order valence-electron chi connectivity index (χ3n) is 5.38. The summed E-state index contributed by atoms with van der Waals surface area (Å²) in [6, 6.07) is 9.40. The van der Waals surface area contributed by atoms with Gasteiger partial charge in [-0.05, 0) is 37.3 Å². The zero-order chi connectivity index (χ0) is 21.5. The van der Waals surface area contributed by atoms with Crippen LogP contribution in [0.4, 0.5) is 8.78 Å². The number of H-pyrrole nitrogens is 1. The molecule has 1 atom stereocenters. The molecule has 1 aliphatic rings. The van der Waals surface area contributed by atoms with E-state index in [4.69, 9.17) is 0 Å². The molecular formula is C20H20F2N4O3S. The molecule has 1 saturated heterocycles. The third-order valence-corrected chi connectivity index (χ3v) is 7.27. The first-order valence-corrected chi connectivity index (χ1v) is 10.9. The summed E-state index contributed by atoms with van der Waals surface area (Å²) in [5, 5.41) is 0.510. The van der Waals surface area contributed by atoms with E-state index in [0.29, 0.717) is 35.9 Å². The first-order valence-electron chi connectivity index (χ1n) is 9.45. The van der Waals surface area contributed by atoms with Gasteiger partial charge in [-0.15, -0.1) is 0 Å². The monoisotopic (exact) mass is 434 g/mol. The van der Waals surface area contributed by atoms with Crippen molar-refractivity contribution < 1.29 is 17.2 Å². The van der Waals surface area contributed by atoms with Crippen LogP contribution >= 0.6 is 0 Å². The summed E-state index contributed by atoms with van der Waals surface area (Å²) in [5.41, 5.74) is 0.379. The van der Waals surface area contributed by atoms with Crippen molar-refractivity contribution >= 4 is 20.9 Å². The lowest BCUT2D eigenvalue weighted by Crippen LogP contribution is -2.49. The number of piperazine rings is 1. The lowest BCUT2D eigenvalue weighted by atomic mass is 10.2. The smallest absolute Gasteiger partial charge is 0.258 e. The second kappa shape index (κ2) is 7.86. The standard InChI is InChI=1S/C20H20F2N4O3S/c1-13(19-23-18-5-3-2-4-15(18)20(27)24-19)25-8-10-26(11-9-25)30(28,29)14-6-7-16(21)17(22)12-14/h2-7,12-13H,8-11H2,1H3,(H,23,24,27)/t13-/m0/s1. The molecule has 3 aromatic rings. The van der Waals surface area contributed by atoms with Gasteiger partial charge in [-0.1, -0.05) is 12.1 Å². The minimum absolute atomic E-state index is 0.184. The molecule has 4 rings (SSSR count). The average molecular weight is 434 g/mol. The first-order chi connectivity index (χ1) is 14.3.